The number of rotatable bonds is 1. The van der Waals surface area contributed by atoms with Crippen LogP contribution in [0, 0.1) is 18.3 Å². The summed E-state index contributed by atoms with van der Waals surface area (Å²) in [5, 5.41) is 8.96. The molecule has 0 saturated heterocycles. The van der Waals surface area contributed by atoms with Crippen LogP contribution in [0.5, 0.6) is 0 Å². The van der Waals surface area contributed by atoms with E-state index in [1.165, 1.54) is 4.57 Å². The molecule has 0 unspecified atom stereocenters. The van der Waals surface area contributed by atoms with Crippen LogP contribution >= 0.6 is 0 Å². The molecule has 3 aromatic rings. The first-order chi connectivity index (χ1) is 9.10. The molecule has 3 rings (SSSR count). The maximum atomic E-state index is 11.4. The van der Waals surface area contributed by atoms with Crippen LogP contribution in [0.15, 0.2) is 33.5 Å². The first kappa shape index (κ1) is 11.4. The molecule has 0 bridgehead atoms. The Kier molecular flexibility index (Phi) is 2.32. The van der Waals surface area contributed by atoms with Crippen molar-refractivity contribution in [1.82, 2.24) is 9.55 Å². The zero-order chi connectivity index (χ0) is 13.6. The minimum atomic E-state index is -0.382. The summed E-state index contributed by atoms with van der Waals surface area (Å²) in [5.41, 5.74) is 4.44. The number of nitrogens with one attached hydrogen (secondary N) is 1. The highest BCUT2D eigenvalue weighted by atomic mass is 16.4. The second-order valence-electron chi connectivity index (χ2n) is 4.44. The Labute approximate surface area is 108 Å². The van der Waals surface area contributed by atoms with Gasteiger partial charge in [0.2, 0.25) is 0 Å². The maximum Gasteiger partial charge on any atom is 0.419 e. The van der Waals surface area contributed by atoms with Gasteiger partial charge in [0.1, 0.15) is 6.07 Å². The van der Waals surface area contributed by atoms with Gasteiger partial charge in [0.25, 0.3) is 0 Å². The van der Waals surface area contributed by atoms with Gasteiger partial charge in [-0.1, -0.05) is 6.07 Å². The molecule has 94 valence electrons. The number of nitrogens with zero attached hydrogens (tertiary/aromatic N) is 2. The SMILES string of the molecule is Cc1[nH]c(-c2ccc3c(c2)oc(=O)n3C)cc1C#N. The van der Waals surface area contributed by atoms with Crippen molar-refractivity contribution in [3.8, 4) is 17.3 Å². The van der Waals surface area contributed by atoms with Crippen molar-refractivity contribution in [2.24, 2.45) is 7.05 Å². The number of benzene rings is 1. The number of aromatic nitrogens is 2. The minimum absolute atomic E-state index is 0.382. The molecule has 19 heavy (non-hydrogen) atoms. The van der Waals surface area contributed by atoms with Crippen LogP contribution in [-0.4, -0.2) is 9.55 Å². The second-order valence-corrected chi connectivity index (χ2v) is 4.44. The molecule has 0 spiro atoms. The Morgan fingerprint density at radius 2 is 2.16 bits per heavy atom. The van der Waals surface area contributed by atoms with E-state index in [0.29, 0.717) is 11.1 Å². The predicted molar refractivity (Wildman–Crippen MR) is 70.7 cm³/mol. The molecule has 0 atom stereocenters. The average molecular weight is 253 g/mol. The lowest BCUT2D eigenvalue weighted by Crippen LogP contribution is -2.08. The van der Waals surface area contributed by atoms with Crippen molar-refractivity contribution in [3.63, 3.8) is 0 Å². The Hall–Kier alpha value is -2.74. The smallest absolute Gasteiger partial charge is 0.408 e. The zero-order valence-corrected chi connectivity index (χ0v) is 10.5. The molecule has 1 N–H and O–H groups in total. The monoisotopic (exact) mass is 253 g/mol. The minimum Gasteiger partial charge on any atom is -0.408 e. The molecule has 2 aromatic heterocycles. The van der Waals surface area contributed by atoms with Gasteiger partial charge in [-0.3, -0.25) is 4.57 Å². The van der Waals surface area contributed by atoms with Gasteiger partial charge in [0.15, 0.2) is 5.58 Å². The van der Waals surface area contributed by atoms with Gasteiger partial charge in [0, 0.05) is 24.0 Å². The van der Waals surface area contributed by atoms with Crippen molar-refractivity contribution in [2.75, 3.05) is 0 Å². The molecule has 5 heteroatoms. The maximum absolute atomic E-state index is 11.4. The number of aromatic amines is 1. The summed E-state index contributed by atoms with van der Waals surface area (Å²) in [6.07, 6.45) is 0. The van der Waals surface area contributed by atoms with E-state index in [0.717, 1.165) is 22.5 Å². The molecular weight excluding hydrogens is 242 g/mol. The molecule has 0 aliphatic carbocycles. The third-order valence-electron chi connectivity index (χ3n) is 3.24. The van der Waals surface area contributed by atoms with Crippen molar-refractivity contribution in [2.45, 2.75) is 6.92 Å². The molecule has 0 aliphatic rings. The number of aryl methyl sites for hydroxylation is 2. The lowest BCUT2D eigenvalue weighted by molar-refractivity contribution is 0.528. The fourth-order valence-electron chi connectivity index (χ4n) is 2.13. The second kappa shape index (κ2) is 3.89. The van der Waals surface area contributed by atoms with Gasteiger partial charge in [0.05, 0.1) is 11.1 Å². The highest BCUT2D eigenvalue weighted by Gasteiger charge is 2.10. The Bertz CT molecular complexity index is 874. The van der Waals surface area contributed by atoms with Crippen molar-refractivity contribution in [3.05, 3.63) is 46.1 Å². The van der Waals surface area contributed by atoms with Crippen molar-refractivity contribution >= 4 is 11.1 Å². The molecule has 0 fully saturated rings. The predicted octanol–water partition coefficient (Wildman–Crippen LogP) is 2.31. The lowest BCUT2D eigenvalue weighted by Gasteiger charge is -1.98. The number of H-pyrrole nitrogens is 1. The number of hydrogen-bond donors (Lipinski definition) is 1. The number of oxazole rings is 1. The molecule has 2 heterocycles. The Morgan fingerprint density at radius 1 is 1.37 bits per heavy atom. The molecule has 0 amide bonds. The standard InChI is InChI=1S/C14H11N3O2/c1-8-10(7-15)5-11(16-8)9-3-4-12-13(6-9)19-14(18)17(12)2/h3-6,16H,1-2H3. The third-order valence-corrected chi connectivity index (χ3v) is 3.24. The summed E-state index contributed by atoms with van der Waals surface area (Å²) in [5.74, 6) is -0.382. The van der Waals surface area contributed by atoms with E-state index in [1.807, 2.05) is 19.1 Å². The quantitative estimate of drug-likeness (QED) is 0.723. The summed E-state index contributed by atoms with van der Waals surface area (Å²) in [4.78, 5) is 14.6. The third kappa shape index (κ3) is 1.66. The van der Waals surface area contributed by atoms with Crippen LogP contribution in [0.2, 0.25) is 0 Å². The first-order valence-electron chi connectivity index (χ1n) is 5.80. The summed E-state index contributed by atoms with van der Waals surface area (Å²) in [7, 11) is 1.67. The fraction of sp³-hybridized carbons (Fsp3) is 0.143. The van der Waals surface area contributed by atoms with Crippen LogP contribution in [0.25, 0.3) is 22.4 Å². The lowest BCUT2D eigenvalue weighted by atomic mass is 10.1. The average Bonchev–Trinajstić information content (AvgIpc) is 2.91. The number of fused-ring (bicyclic) bond motifs is 1. The van der Waals surface area contributed by atoms with E-state index in [9.17, 15) is 4.79 Å². The molecular formula is C14H11N3O2. The molecule has 0 radical (unpaired) electrons. The normalized spacial score (nSPS) is 10.8. The van der Waals surface area contributed by atoms with Crippen LogP contribution in [0.4, 0.5) is 0 Å². The van der Waals surface area contributed by atoms with E-state index in [1.54, 1.807) is 19.2 Å². The summed E-state index contributed by atoms with van der Waals surface area (Å²) in [6.45, 7) is 1.85. The van der Waals surface area contributed by atoms with Gasteiger partial charge in [-0.25, -0.2) is 4.79 Å². The summed E-state index contributed by atoms with van der Waals surface area (Å²) < 4.78 is 6.61. The van der Waals surface area contributed by atoms with E-state index in [-0.39, 0.29) is 5.76 Å². The molecule has 0 aliphatic heterocycles. The van der Waals surface area contributed by atoms with Crippen LogP contribution in [0.1, 0.15) is 11.3 Å². The van der Waals surface area contributed by atoms with Gasteiger partial charge in [-0.2, -0.15) is 5.26 Å². The number of nitriles is 1. The van der Waals surface area contributed by atoms with Gasteiger partial charge in [-0.15, -0.1) is 0 Å². The van der Waals surface area contributed by atoms with E-state index in [2.05, 4.69) is 11.1 Å². The molecule has 1 aromatic carbocycles. The Balaban J connectivity index is 2.20. The van der Waals surface area contributed by atoms with E-state index >= 15 is 0 Å². The van der Waals surface area contributed by atoms with E-state index < -0.39 is 0 Å². The largest absolute Gasteiger partial charge is 0.419 e. The summed E-state index contributed by atoms with van der Waals surface area (Å²) in [6, 6.07) is 9.43. The molecule has 5 nitrogen and oxygen atoms in total. The topological polar surface area (TPSA) is 74.7 Å². The van der Waals surface area contributed by atoms with Gasteiger partial charge in [-0.05, 0) is 25.1 Å². The molecule has 0 saturated carbocycles. The zero-order valence-electron chi connectivity index (χ0n) is 10.5. The van der Waals surface area contributed by atoms with Crippen molar-refractivity contribution < 1.29 is 4.42 Å². The Morgan fingerprint density at radius 3 is 2.84 bits per heavy atom. The highest BCUT2D eigenvalue weighted by molar-refractivity contribution is 5.80. The van der Waals surface area contributed by atoms with Crippen LogP contribution in [-0.2, 0) is 7.05 Å². The van der Waals surface area contributed by atoms with Crippen LogP contribution in [0.3, 0.4) is 0 Å². The first-order valence-corrected chi connectivity index (χ1v) is 5.80. The van der Waals surface area contributed by atoms with Gasteiger partial charge < -0.3 is 9.40 Å². The highest BCUT2D eigenvalue weighted by Crippen LogP contribution is 2.24. The van der Waals surface area contributed by atoms with Crippen LogP contribution < -0.4 is 5.76 Å². The van der Waals surface area contributed by atoms with Crippen molar-refractivity contribution in [1.29, 1.82) is 5.26 Å². The summed E-state index contributed by atoms with van der Waals surface area (Å²) >= 11 is 0. The fourth-order valence-corrected chi connectivity index (χ4v) is 2.13. The van der Waals surface area contributed by atoms with E-state index in [4.69, 9.17) is 9.68 Å². The number of hydrogen-bond acceptors (Lipinski definition) is 3. The van der Waals surface area contributed by atoms with Gasteiger partial charge >= 0.3 is 5.76 Å².